The zero-order valence-electron chi connectivity index (χ0n) is 7.34. The van der Waals surface area contributed by atoms with Crippen molar-refractivity contribution in [3.05, 3.63) is 0 Å². The van der Waals surface area contributed by atoms with E-state index >= 15 is 0 Å². The molecule has 1 aliphatic rings. The molecular weight excluding hydrogens is 185 g/mol. The summed E-state index contributed by atoms with van der Waals surface area (Å²) < 4.78 is 40.2. The molecule has 1 fully saturated rings. The van der Waals surface area contributed by atoms with Crippen LogP contribution >= 0.6 is 0 Å². The topological polar surface area (TPSA) is 29.5 Å². The zero-order valence-corrected chi connectivity index (χ0v) is 7.34. The zero-order chi connectivity index (χ0) is 10.1. The second-order valence-corrected chi connectivity index (χ2v) is 3.42. The largest absolute Gasteiger partial charge is 0.414 e. The van der Waals surface area contributed by atoms with Crippen molar-refractivity contribution in [1.29, 1.82) is 0 Å². The molecular formula is C8H13F3O2. The van der Waals surface area contributed by atoms with Crippen LogP contribution in [0.1, 0.15) is 19.8 Å². The van der Waals surface area contributed by atoms with Gasteiger partial charge >= 0.3 is 6.18 Å². The molecule has 0 bridgehead atoms. The Balaban J connectivity index is 2.17. The van der Waals surface area contributed by atoms with Gasteiger partial charge in [0.2, 0.25) is 0 Å². The number of aliphatic hydroxyl groups is 1. The van der Waals surface area contributed by atoms with E-state index in [9.17, 15) is 18.3 Å². The molecule has 2 atom stereocenters. The van der Waals surface area contributed by atoms with Gasteiger partial charge in [-0.15, -0.1) is 0 Å². The van der Waals surface area contributed by atoms with Crippen molar-refractivity contribution in [2.75, 3.05) is 6.61 Å². The van der Waals surface area contributed by atoms with E-state index in [-0.39, 0.29) is 12.5 Å². The van der Waals surface area contributed by atoms with Crippen molar-refractivity contribution < 1.29 is 23.0 Å². The van der Waals surface area contributed by atoms with Gasteiger partial charge in [-0.1, -0.05) is 0 Å². The van der Waals surface area contributed by atoms with Crippen molar-refractivity contribution in [2.45, 2.75) is 38.1 Å². The Hall–Kier alpha value is -0.290. The Morgan fingerprint density at radius 1 is 1.46 bits per heavy atom. The molecule has 0 aromatic rings. The minimum absolute atomic E-state index is 0.153. The Kier molecular flexibility index (Phi) is 3.18. The van der Waals surface area contributed by atoms with Crippen LogP contribution in [-0.4, -0.2) is 30.1 Å². The van der Waals surface area contributed by atoms with Gasteiger partial charge < -0.3 is 9.84 Å². The molecule has 1 saturated carbocycles. The van der Waals surface area contributed by atoms with Crippen LogP contribution in [0.2, 0.25) is 0 Å². The van der Waals surface area contributed by atoms with Crippen molar-refractivity contribution >= 4 is 0 Å². The molecule has 1 N–H and O–H groups in total. The molecule has 0 radical (unpaired) electrons. The van der Waals surface area contributed by atoms with Crippen LogP contribution in [0.25, 0.3) is 0 Å². The first-order valence-electron chi connectivity index (χ1n) is 4.27. The van der Waals surface area contributed by atoms with Crippen LogP contribution < -0.4 is 0 Å². The predicted molar refractivity (Wildman–Crippen MR) is 40.2 cm³/mol. The molecule has 5 heteroatoms. The summed E-state index contributed by atoms with van der Waals surface area (Å²) in [7, 11) is 0. The SMILES string of the molecule is CC(OCC(O)C1CC1)C(F)(F)F. The summed E-state index contributed by atoms with van der Waals surface area (Å²) in [6.07, 6.45) is -5.07. The first-order valence-corrected chi connectivity index (χ1v) is 4.27. The number of ether oxygens (including phenoxy) is 1. The standard InChI is InChI=1S/C8H13F3O2/c1-5(8(9,10)11)13-4-7(12)6-2-3-6/h5-7,12H,2-4H2,1H3. The Bertz CT molecular complexity index is 165. The van der Waals surface area contributed by atoms with E-state index in [0.717, 1.165) is 19.8 Å². The highest BCUT2D eigenvalue weighted by Gasteiger charge is 2.38. The highest BCUT2D eigenvalue weighted by Crippen LogP contribution is 2.33. The molecule has 13 heavy (non-hydrogen) atoms. The summed E-state index contributed by atoms with van der Waals surface area (Å²) in [5.74, 6) is 0.153. The quantitative estimate of drug-likeness (QED) is 0.745. The maximum Gasteiger partial charge on any atom is 0.414 e. The molecule has 2 nitrogen and oxygen atoms in total. The van der Waals surface area contributed by atoms with E-state index in [4.69, 9.17) is 0 Å². The average molecular weight is 198 g/mol. The number of aliphatic hydroxyl groups excluding tert-OH is 1. The molecule has 0 saturated heterocycles. The minimum atomic E-state index is -4.33. The van der Waals surface area contributed by atoms with E-state index in [0.29, 0.717) is 0 Å². The summed E-state index contributed by atoms with van der Waals surface area (Å²) >= 11 is 0. The van der Waals surface area contributed by atoms with Gasteiger partial charge in [-0.25, -0.2) is 0 Å². The van der Waals surface area contributed by atoms with Gasteiger partial charge in [0.1, 0.15) is 0 Å². The Morgan fingerprint density at radius 2 is 2.00 bits per heavy atom. The summed E-state index contributed by atoms with van der Waals surface area (Å²) in [6.45, 7) is 0.727. The molecule has 2 unspecified atom stereocenters. The van der Waals surface area contributed by atoms with E-state index in [2.05, 4.69) is 4.74 Å². The second-order valence-electron chi connectivity index (χ2n) is 3.42. The van der Waals surface area contributed by atoms with E-state index in [1.807, 2.05) is 0 Å². The fourth-order valence-electron chi connectivity index (χ4n) is 0.954. The van der Waals surface area contributed by atoms with Crippen molar-refractivity contribution in [1.82, 2.24) is 0 Å². The molecule has 0 spiro atoms. The lowest BCUT2D eigenvalue weighted by Gasteiger charge is -2.18. The summed E-state index contributed by atoms with van der Waals surface area (Å²) in [6, 6.07) is 0. The number of hydrogen-bond acceptors (Lipinski definition) is 2. The third-order valence-corrected chi connectivity index (χ3v) is 2.14. The monoisotopic (exact) mass is 198 g/mol. The lowest BCUT2D eigenvalue weighted by Crippen LogP contribution is -2.32. The van der Waals surface area contributed by atoms with Crippen LogP contribution in [0.3, 0.4) is 0 Å². The van der Waals surface area contributed by atoms with Crippen LogP contribution in [0, 0.1) is 5.92 Å². The van der Waals surface area contributed by atoms with Gasteiger partial charge in [-0.05, 0) is 25.7 Å². The summed E-state index contributed by atoms with van der Waals surface area (Å²) in [4.78, 5) is 0. The van der Waals surface area contributed by atoms with Gasteiger partial charge in [-0.3, -0.25) is 0 Å². The molecule has 1 aliphatic carbocycles. The molecule has 78 valence electrons. The average Bonchev–Trinajstić information content (AvgIpc) is 2.79. The van der Waals surface area contributed by atoms with Crippen molar-refractivity contribution in [3.8, 4) is 0 Å². The van der Waals surface area contributed by atoms with Crippen LogP contribution in [0.5, 0.6) is 0 Å². The Labute approximate surface area is 74.7 Å². The minimum Gasteiger partial charge on any atom is -0.390 e. The first kappa shape index (κ1) is 10.8. The maximum absolute atomic E-state index is 11.9. The van der Waals surface area contributed by atoms with Gasteiger partial charge in [0.15, 0.2) is 6.10 Å². The van der Waals surface area contributed by atoms with Gasteiger partial charge in [0, 0.05) is 0 Å². The normalized spacial score (nSPS) is 22.8. The highest BCUT2D eigenvalue weighted by molar-refractivity contribution is 4.80. The third-order valence-electron chi connectivity index (χ3n) is 2.14. The van der Waals surface area contributed by atoms with Crippen LogP contribution in [-0.2, 0) is 4.74 Å². The summed E-state index contributed by atoms with van der Waals surface area (Å²) in [5.41, 5.74) is 0. The van der Waals surface area contributed by atoms with Gasteiger partial charge in [0.05, 0.1) is 12.7 Å². The molecule has 0 aromatic carbocycles. The van der Waals surface area contributed by atoms with Crippen molar-refractivity contribution in [2.24, 2.45) is 5.92 Å². The molecule has 0 aliphatic heterocycles. The fourth-order valence-corrected chi connectivity index (χ4v) is 0.954. The molecule has 0 amide bonds. The lowest BCUT2D eigenvalue weighted by atomic mass is 10.2. The smallest absolute Gasteiger partial charge is 0.390 e. The lowest BCUT2D eigenvalue weighted by molar-refractivity contribution is -0.219. The van der Waals surface area contributed by atoms with Crippen LogP contribution in [0.15, 0.2) is 0 Å². The number of rotatable bonds is 4. The molecule has 0 heterocycles. The molecule has 1 rings (SSSR count). The van der Waals surface area contributed by atoms with Gasteiger partial charge in [0.25, 0.3) is 0 Å². The predicted octanol–water partition coefficient (Wildman–Crippen LogP) is 1.72. The number of hydrogen-bond donors (Lipinski definition) is 1. The third kappa shape index (κ3) is 3.52. The second kappa shape index (κ2) is 3.84. The van der Waals surface area contributed by atoms with Gasteiger partial charge in [-0.2, -0.15) is 13.2 Å². The van der Waals surface area contributed by atoms with Crippen LogP contribution in [0.4, 0.5) is 13.2 Å². The van der Waals surface area contributed by atoms with E-state index in [1.165, 1.54) is 0 Å². The number of alkyl halides is 3. The number of halogens is 3. The summed E-state index contributed by atoms with van der Waals surface area (Å²) in [5, 5.41) is 9.21. The highest BCUT2D eigenvalue weighted by atomic mass is 19.4. The van der Waals surface area contributed by atoms with E-state index < -0.39 is 18.4 Å². The van der Waals surface area contributed by atoms with E-state index in [1.54, 1.807) is 0 Å². The maximum atomic E-state index is 11.9. The van der Waals surface area contributed by atoms with Crippen molar-refractivity contribution in [3.63, 3.8) is 0 Å². The Morgan fingerprint density at radius 3 is 2.38 bits per heavy atom. The fraction of sp³-hybridized carbons (Fsp3) is 1.00. The molecule has 0 aromatic heterocycles. The first-order chi connectivity index (χ1) is 5.91.